The number of carbonyl (C=O) groups excluding carboxylic acids is 1. The Hall–Kier alpha value is -2.93. The number of aromatic nitrogens is 2. The Kier molecular flexibility index (Phi) is 5.94. The monoisotopic (exact) mass is 405 g/mol. The first-order valence-electron chi connectivity index (χ1n) is 8.51. The molecule has 0 bridgehead atoms. The molecule has 3 rings (SSSR count). The van der Waals surface area contributed by atoms with Crippen LogP contribution < -0.4 is 4.74 Å². The van der Waals surface area contributed by atoms with Crippen molar-refractivity contribution in [1.82, 2.24) is 14.7 Å². The third-order valence-electron chi connectivity index (χ3n) is 4.14. The van der Waals surface area contributed by atoms with Gasteiger partial charge in [-0.15, -0.1) is 0 Å². The van der Waals surface area contributed by atoms with Gasteiger partial charge >= 0.3 is 0 Å². The smallest absolute Gasteiger partial charge is 0.258 e. The van der Waals surface area contributed by atoms with Crippen molar-refractivity contribution < 1.29 is 18.3 Å². The van der Waals surface area contributed by atoms with Crippen LogP contribution in [-0.4, -0.2) is 40.8 Å². The van der Waals surface area contributed by atoms with Gasteiger partial charge in [0.15, 0.2) is 0 Å². The molecule has 1 aromatic heterocycles. The fraction of sp³-hybridized carbons (Fsp3) is 0.200. The molecule has 0 fully saturated rings. The summed E-state index contributed by atoms with van der Waals surface area (Å²) in [4.78, 5) is 14.3. The quantitative estimate of drug-likeness (QED) is 0.615. The van der Waals surface area contributed by atoms with E-state index in [0.29, 0.717) is 23.7 Å². The predicted molar refractivity (Wildman–Crippen MR) is 102 cm³/mol. The lowest BCUT2D eigenvalue weighted by molar-refractivity contribution is 0.0773. The van der Waals surface area contributed by atoms with Crippen LogP contribution in [0, 0.1) is 18.6 Å². The van der Waals surface area contributed by atoms with E-state index in [-0.39, 0.29) is 34.9 Å². The first-order valence-corrected chi connectivity index (χ1v) is 8.89. The second-order valence-corrected chi connectivity index (χ2v) is 6.53. The van der Waals surface area contributed by atoms with Crippen LogP contribution in [0.25, 0.3) is 5.69 Å². The van der Waals surface area contributed by atoms with Gasteiger partial charge in [0.05, 0.1) is 23.5 Å². The van der Waals surface area contributed by atoms with Crippen LogP contribution in [0.4, 0.5) is 8.78 Å². The van der Waals surface area contributed by atoms with Crippen LogP contribution in [0.3, 0.4) is 0 Å². The highest BCUT2D eigenvalue weighted by atomic mass is 35.5. The Morgan fingerprint density at radius 3 is 2.29 bits per heavy atom. The molecule has 0 atom stereocenters. The molecule has 28 heavy (non-hydrogen) atoms. The fourth-order valence-corrected chi connectivity index (χ4v) is 2.97. The standard InChI is InChI=1S/C20H18ClF2N3O2/c1-13-18(19(21)26(24-13)16-7-3-14(22)4-8-16)20(27)25(2)11-12-28-17-9-5-15(23)6-10-17/h3-10H,11-12H2,1-2H3. The summed E-state index contributed by atoms with van der Waals surface area (Å²) in [5, 5.41) is 4.45. The van der Waals surface area contributed by atoms with E-state index in [2.05, 4.69) is 5.10 Å². The number of aryl methyl sites for hydroxylation is 1. The Morgan fingerprint density at radius 2 is 1.68 bits per heavy atom. The maximum Gasteiger partial charge on any atom is 0.258 e. The number of halogens is 3. The van der Waals surface area contributed by atoms with Crippen molar-refractivity contribution in [2.24, 2.45) is 0 Å². The summed E-state index contributed by atoms with van der Waals surface area (Å²) in [7, 11) is 1.63. The molecule has 0 saturated heterocycles. The van der Waals surface area contributed by atoms with Crippen molar-refractivity contribution in [2.45, 2.75) is 6.92 Å². The molecule has 8 heteroatoms. The molecule has 1 amide bonds. The zero-order valence-electron chi connectivity index (χ0n) is 15.3. The van der Waals surface area contributed by atoms with Gasteiger partial charge in [-0.2, -0.15) is 5.10 Å². The third kappa shape index (κ3) is 4.31. The molecule has 146 valence electrons. The van der Waals surface area contributed by atoms with Crippen molar-refractivity contribution in [3.05, 3.63) is 76.6 Å². The largest absolute Gasteiger partial charge is 0.492 e. The van der Waals surface area contributed by atoms with Gasteiger partial charge in [0.1, 0.15) is 29.1 Å². The Labute approximate surface area is 166 Å². The van der Waals surface area contributed by atoms with E-state index in [1.54, 1.807) is 14.0 Å². The lowest BCUT2D eigenvalue weighted by Crippen LogP contribution is -2.31. The molecule has 0 saturated carbocycles. The summed E-state index contributed by atoms with van der Waals surface area (Å²) in [6.45, 7) is 2.21. The average molecular weight is 406 g/mol. The molecule has 3 aromatic rings. The molecule has 0 N–H and O–H groups in total. The molecule has 0 aliphatic carbocycles. The van der Waals surface area contributed by atoms with E-state index >= 15 is 0 Å². The van der Waals surface area contributed by atoms with Crippen LogP contribution in [0.15, 0.2) is 48.5 Å². The highest BCUT2D eigenvalue weighted by Crippen LogP contribution is 2.25. The maximum absolute atomic E-state index is 13.1. The SMILES string of the molecule is Cc1nn(-c2ccc(F)cc2)c(Cl)c1C(=O)N(C)CCOc1ccc(F)cc1. The van der Waals surface area contributed by atoms with Gasteiger partial charge in [0, 0.05) is 7.05 Å². The molecule has 0 spiro atoms. The van der Waals surface area contributed by atoms with E-state index < -0.39 is 0 Å². The van der Waals surface area contributed by atoms with Gasteiger partial charge in [0.2, 0.25) is 0 Å². The van der Waals surface area contributed by atoms with Crippen LogP contribution >= 0.6 is 11.6 Å². The first kappa shape index (κ1) is 19.8. The molecular formula is C20H18ClF2N3O2. The second-order valence-electron chi connectivity index (χ2n) is 6.17. The number of nitrogens with zero attached hydrogens (tertiary/aromatic N) is 3. The average Bonchev–Trinajstić information content (AvgIpc) is 2.97. The number of amides is 1. The van der Waals surface area contributed by atoms with Crippen LogP contribution in [0.2, 0.25) is 5.15 Å². The zero-order valence-corrected chi connectivity index (χ0v) is 16.1. The van der Waals surface area contributed by atoms with Gasteiger partial charge in [0.25, 0.3) is 5.91 Å². The maximum atomic E-state index is 13.1. The Bertz CT molecular complexity index is 972. The Balaban J connectivity index is 1.69. The van der Waals surface area contributed by atoms with Gasteiger partial charge < -0.3 is 9.64 Å². The number of benzene rings is 2. The number of ether oxygens (including phenoxy) is 1. The number of hydrogen-bond donors (Lipinski definition) is 0. The molecule has 1 heterocycles. The second kappa shape index (κ2) is 8.39. The van der Waals surface area contributed by atoms with Gasteiger partial charge in [-0.1, -0.05) is 11.6 Å². The minimum absolute atomic E-state index is 0.153. The number of likely N-dealkylation sites (N-methyl/N-ethyl adjacent to an activating group) is 1. The van der Waals surface area contributed by atoms with Crippen molar-refractivity contribution >= 4 is 17.5 Å². The molecule has 0 unspecified atom stereocenters. The van der Waals surface area contributed by atoms with E-state index in [9.17, 15) is 13.6 Å². The van der Waals surface area contributed by atoms with Crippen LogP contribution in [0.5, 0.6) is 5.75 Å². The summed E-state index contributed by atoms with van der Waals surface area (Å²) >= 11 is 6.38. The molecule has 0 aliphatic rings. The van der Waals surface area contributed by atoms with Crippen molar-refractivity contribution in [2.75, 3.05) is 20.2 Å². The van der Waals surface area contributed by atoms with Crippen LogP contribution in [0.1, 0.15) is 16.1 Å². The Morgan fingerprint density at radius 1 is 1.11 bits per heavy atom. The topological polar surface area (TPSA) is 47.4 Å². The molecular weight excluding hydrogens is 388 g/mol. The lowest BCUT2D eigenvalue weighted by atomic mass is 10.2. The molecule has 0 radical (unpaired) electrons. The minimum Gasteiger partial charge on any atom is -0.492 e. The zero-order chi connectivity index (χ0) is 20.3. The van der Waals surface area contributed by atoms with E-state index in [1.165, 1.54) is 58.1 Å². The number of carbonyl (C=O) groups is 1. The normalized spacial score (nSPS) is 10.8. The molecule has 5 nitrogen and oxygen atoms in total. The number of hydrogen-bond acceptors (Lipinski definition) is 3. The molecule has 2 aromatic carbocycles. The van der Waals surface area contributed by atoms with E-state index in [4.69, 9.17) is 16.3 Å². The molecule has 0 aliphatic heterocycles. The highest BCUT2D eigenvalue weighted by Gasteiger charge is 2.23. The summed E-state index contributed by atoms with van der Waals surface area (Å²) < 4.78 is 32.9. The third-order valence-corrected chi connectivity index (χ3v) is 4.49. The fourth-order valence-electron chi connectivity index (χ4n) is 2.62. The van der Waals surface area contributed by atoms with Gasteiger partial charge in [-0.3, -0.25) is 4.79 Å². The van der Waals surface area contributed by atoms with E-state index in [1.807, 2.05) is 0 Å². The van der Waals surface area contributed by atoms with E-state index in [0.717, 1.165) is 0 Å². The first-order chi connectivity index (χ1) is 13.4. The highest BCUT2D eigenvalue weighted by molar-refractivity contribution is 6.33. The summed E-state index contributed by atoms with van der Waals surface area (Å²) in [5.74, 6) is -0.511. The minimum atomic E-state index is -0.374. The summed E-state index contributed by atoms with van der Waals surface area (Å²) in [5.41, 5.74) is 1.29. The number of rotatable bonds is 6. The lowest BCUT2D eigenvalue weighted by Gasteiger charge is -2.17. The van der Waals surface area contributed by atoms with Crippen molar-refractivity contribution in [3.8, 4) is 11.4 Å². The van der Waals surface area contributed by atoms with Gasteiger partial charge in [-0.25, -0.2) is 13.5 Å². The van der Waals surface area contributed by atoms with Gasteiger partial charge in [-0.05, 0) is 55.5 Å². The van der Waals surface area contributed by atoms with Crippen LogP contribution in [-0.2, 0) is 0 Å². The van der Waals surface area contributed by atoms with Crippen molar-refractivity contribution in [3.63, 3.8) is 0 Å². The summed E-state index contributed by atoms with van der Waals surface area (Å²) in [6, 6.07) is 11.3. The van der Waals surface area contributed by atoms with Crippen molar-refractivity contribution in [1.29, 1.82) is 0 Å². The predicted octanol–water partition coefficient (Wildman–Crippen LogP) is 4.26. The summed E-state index contributed by atoms with van der Waals surface area (Å²) in [6.07, 6.45) is 0.